The van der Waals surface area contributed by atoms with E-state index in [0.29, 0.717) is 17.6 Å². The van der Waals surface area contributed by atoms with E-state index in [2.05, 4.69) is 11.9 Å². The highest BCUT2D eigenvalue weighted by Crippen LogP contribution is 2.70. The van der Waals surface area contributed by atoms with Gasteiger partial charge < -0.3 is 48.7 Å². The van der Waals surface area contributed by atoms with Crippen molar-refractivity contribution in [2.75, 3.05) is 6.61 Å². The zero-order valence-electron chi connectivity index (χ0n) is 36.2. The smallest absolute Gasteiger partial charge is 0.407 e. The third kappa shape index (κ3) is 7.73. The number of alkyl carbamates (subject to hydrolysis) is 1. The Morgan fingerprint density at radius 3 is 2.25 bits per heavy atom. The second-order valence-electron chi connectivity index (χ2n) is 19.3. The molecule has 2 aliphatic heterocycles. The van der Waals surface area contributed by atoms with Crippen molar-refractivity contribution >= 4 is 24.0 Å². The molecule has 0 radical (unpaired) electrons. The highest BCUT2D eigenvalue weighted by atomic mass is 16.7. The fourth-order valence-electron chi connectivity index (χ4n) is 11.1. The summed E-state index contributed by atoms with van der Waals surface area (Å²) in [7, 11) is 0. The highest BCUT2D eigenvalue weighted by Gasteiger charge is 2.80. The molecule has 0 spiro atoms. The van der Waals surface area contributed by atoms with Gasteiger partial charge in [-0.3, -0.25) is 4.79 Å². The molecule has 4 fully saturated rings. The van der Waals surface area contributed by atoms with Crippen LogP contribution >= 0.6 is 0 Å². The summed E-state index contributed by atoms with van der Waals surface area (Å²) in [5.41, 5.74) is -4.92. The Bertz CT molecular complexity index is 1830. The van der Waals surface area contributed by atoms with Crippen LogP contribution in [-0.2, 0) is 42.7 Å². The molecule has 14 nitrogen and oxygen atoms in total. The Balaban J connectivity index is 1.52. The molecule has 59 heavy (non-hydrogen) atoms. The van der Waals surface area contributed by atoms with Crippen LogP contribution in [0.2, 0.25) is 0 Å². The molecule has 2 heterocycles. The number of aliphatic hydroxyl groups excluding tert-OH is 1. The highest BCUT2D eigenvalue weighted by molar-refractivity contribution is 5.89. The maximum atomic E-state index is 14.5. The Morgan fingerprint density at radius 2 is 1.71 bits per heavy atom. The summed E-state index contributed by atoms with van der Waals surface area (Å²) in [6.07, 6.45) is -5.55. The molecule has 0 bridgehead atoms. The van der Waals surface area contributed by atoms with E-state index >= 15 is 0 Å². The van der Waals surface area contributed by atoms with E-state index in [1.54, 1.807) is 78.0 Å². The molecule has 3 N–H and O–H groups in total. The van der Waals surface area contributed by atoms with E-state index in [4.69, 9.17) is 33.2 Å². The standard InChI is InChI=1S/C45H63NO13/c1-13-32-55-30-20-31-45(22-53-31,58-26(6)47)35-37(57-38(49)27-17-15-14-16-18-27)44(42(10,11)52)21-29(24(4)33(44)25(5)36(56-32)43(30,35)12)54-39(50)34(48)28(19-23(2)3)46-40(51)59-41(7,8)9/h13-18,23,25,28-32,34-37,48,52H,1,19-22H2,2-12H3,(H,46,51)/t25-,28-,29?,30-,31+,32?,34+,35-,36-,37-,43+,44-,45-/m0/s1. The number of amides is 1. The van der Waals surface area contributed by atoms with Crippen molar-refractivity contribution in [2.24, 2.45) is 28.6 Å². The predicted molar refractivity (Wildman–Crippen MR) is 214 cm³/mol. The van der Waals surface area contributed by atoms with Crippen LogP contribution in [0.1, 0.15) is 106 Å². The number of fused-ring (bicyclic) bond motifs is 3. The van der Waals surface area contributed by atoms with Crippen molar-refractivity contribution in [1.82, 2.24) is 5.32 Å². The second kappa shape index (κ2) is 15.9. The number of carbonyl (C=O) groups excluding carboxylic acids is 4. The SMILES string of the molecule is C=CC1O[C@H]2C[C@H]3OC[C@@]3(OC(C)=O)[C@H]3[C@H](OC(=O)c4ccccc4)[C@]4(C(C)(C)O)CC(OC(=O)[C@H](O)[C@H](CC(C)C)NC(=O)OC(C)(C)C)C(C)=C4[C@H](C)[C@H](O1)[C@]23C. The first kappa shape index (κ1) is 44.7. The lowest BCUT2D eigenvalue weighted by Crippen LogP contribution is -2.80. The van der Waals surface area contributed by atoms with E-state index in [0.717, 1.165) is 0 Å². The number of aliphatic hydroxyl groups is 2. The lowest BCUT2D eigenvalue weighted by molar-refractivity contribution is -0.391. The Hall–Kier alpha value is -3.82. The van der Waals surface area contributed by atoms with Gasteiger partial charge in [0.05, 0.1) is 47.4 Å². The van der Waals surface area contributed by atoms with Gasteiger partial charge in [-0.1, -0.05) is 52.5 Å². The van der Waals surface area contributed by atoms with Crippen LogP contribution in [0.4, 0.5) is 4.79 Å². The van der Waals surface area contributed by atoms with Crippen LogP contribution in [0.15, 0.2) is 54.1 Å². The normalized spacial score (nSPS) is 36.0. The number of hydrogen-bond donors (Lipinski definition) is 3. The first-order valence-corrected chi connectivity index (χ1v) is 20.7. The summed E-state index contributed by atoms with van der Waals surface area (Å²) in [4.78, 5) is 54.6. The molecule has 2 saturated heterocycles. The van der Waals surface area contributed by atoms with Crippen molar-refractivity contribution in [3.8, 4) is 0 Å². The Morgan fingerprint density at radius 1 is 1.05 bits per heavy atom. The number of hydrogen-bond acceptors (Lipinski definition) is 13. The molecular formula is C45H63NO13. The van der Waals surface area contributed by atoms with E-state index in [-0.39, 0.29) is 30.9 Å². The van der Waals surface area contributed by atoms with E-state index in [9.17, 15) is 29.4 Å². The lowest BCUT2D eigenvalue weighted by atomic mass is 9.49. The van der Waals surface area contributed by atoms with Gasteiger partial charge in [0.2, 0.25) is 0 Å². The number of nitrogens with one attached hydrogen (secondary N) is 1. The molecule has 13 atom stereocenters. The van der Waals surface area contributed by atoms with Crippen LogP contribution in [0, 0.1) is 28.6 Å². The summed E-state index contributed by atoms with van der Waals surface area (Å²) in [6.45, 7) is 23.2. The maximum absolute atomic E-state index is 14.5. The van der Waals surface area contributed by atoms with Crippen LogP contribution in [0.3, 0.4) is 0 Å². The molecule has 3 aliphatic carbocycles. The summed E-state index contributed by atoms with van der Waals surface area (Å²) in [5, 5.41) is 27.0. The molecule has 326 valence electrons. The molecule has 2 saturated carbocycles. The molecule has 14 heteroatoms. The summed E-state index contributed by atoms with van der Waals surface area (Å²) in [5.74, 6) is -3.69. The zero-order valence-corrected chi connectivity index (χ0v) is 36.2. The van der Waals surface area contributed by atoms with Crippen LogP contribution in [-0.4, -0.2) is 107 Å². The molecule has 6 rings (SSSR count). The topological polar surface area (TPSA) is 185 Å². The Kier molecular flexibility index (Phi) is 12.1. The van der Waals surface area contributed by atoms with Crippen LogP contribution < -0.4 is 5.32 Å². The monoisotopic (exact) mass is 825 g/mol. The maximum Gasteiger partial charge on any atom is 0.407 e. The van der Waals surface area contributed by atoms with E-state index in [1.807, 2.05) is 27.7 Å². The van der Waals surface area contributed by atoms with Crippen LogP contribution in [0.25, 0.3) is 0 Å². The molecule has 0 aromatic heterocycles. The van der Waals surface area contributed by atoms with Crippen molar-refractivity contribution in [2.45, 2.75) is 161 Å². The van der Waals surface area contributed by atoms with Crippen molar-refractivity contribution in [1.29, 1.82) is 0 Å². The number of esters is 3. The first-order valence-electron chi connectivity index (χ1n) is 20.7. The van der Waals surface area contributed by atoms with Gasteiger partial charge in [-0.2, -0.15) is 0 Å². The van der Waals surface area contributed by atoms with Gasteiger partial charge in [-0.25, -0.2) is 14.4 Å². The first-order chi connectivity index (χ1) is 27.4. The molecule has 2 unspecified atom stereocenters. The minimum Gasteiger partial charge on any atom is -0.457 e. The second-order valence-corrected chi connectivity index (χ2v) is 19.3. The van der Waals surface area contributed by atoms with Crippen LogP contribution in [0.5, 0.6) is 0 Å². The van der Waals surface area contributed by atoms with Gasteiger partial charge in [0.25, 0.3) is 0 Å². The fraction of sp³-hybridized carbons (Fsp3) is 0.689. The van der Waals surface area contributed by atoms with Crippen molar-refractivity contribution in [3.05, 3.63) is 59.7 Å². The third-order valence-electron chi connectivity index (χ3n) is 13.3. The van der Waals surface area contributed by atoms with E-state index in [1.165, 1.54) is 6.92 Å². The van der Waals surface area contributed by atoms with E-state index < -0.39 is 112 Å². The minimum atomic E-state index is -1.79. The minimum absolute atomic E-state index is 0.0118. The van der Waals surface area contributed by atoms with Gasteiger partial charge in [0.1, 0.15) is 23.9 Å². The molecular weight excluding hydrogens is 762 g/mol. The van der Waals surface area contributed by atoms with Crippen molar-refractivity contribution in [3.63, 3.8) is 0 Å². The number of carbonyl (C=O) groups is 4. The van der Waals surface area contributed by atoms with Gasteiger partial charge >= 0.3 is 24.0 Å². The largest absolute Gasteiger partial charge is 0.457 e. The average molecular weight is 826 g/mol. The Labute approximate surface area is 347 Å². The van der Waals surface area contributed by atoms with Gasteiger partial charge in [-0.15, -0.1) is 0 Å². The molecule has 1 amide bonds. The van der Waals surface area contributed by atoms with Gasteiger partial charge in [0, 0.05) is 31.1 Å². The van der Waals surface area contributed by atoms with Crippen molar-refractivity contribution < 1.29 is 62.5 Å². The number of benzene rings is 1. The summed E-state index contributed by atoms with van der Waals surface area (Å²) < 4.78 is 44.4. The molecule has 1 aromatic carbocycles. The average Bonchev–Trinajstić information content (AvgIpc) is 3.39. The summed E-state index contributed by atoms with van der Waals surface area (Å²) >= 11 is 0. The molecule has 1 aromatic rings. The predicted octanol–water partition coefficient (Wildman–Crippen LogP) is 5.57. The third-order valence-corrected chi connectivity index (χ3v) is 13.3. The number of rotatable bonds is 11. The zero-order chi connectivity index (χ0) is 43.6. The lowest BCUT2D eigenvalue weighted by Gasteiger charge is -2.67. The number of ether oxygens (including phenoxy) is 7. The fourth-order valence-corrected chi connectivity index (χ4v) is 11.1. The quantitative estimate of drug-likeness (QED) is 0.143. The summed E-state index contributed by atoms with van der Waals surface area (Å²) in [6, 6.07) is 7.43. The molecule has 5 aliphatic rings. The van der Waals surface area contributed by atoms with Gasteiger partial charge in [-0.05, 0) is 83.2 Å². The van der Waals surface area contributed by atoms with Gasteiger partial charge in [0.15, 0.2) is 18.0 Å².